The molecule has 7 nitrogen and oxygen atoms in total. The molecule has 2 aromatic rings. The van der Waals surface area contributed by atoms with E-state index in [1.165, 1.54) is 23.3 Å². The largest absolute Gasteiger partial charge is 0.490 e. The van der Waals surface area contributed by atoms with Gasteiger partial charge in [0.15, 0.2) is 11.5 Å². The summed E-state index contributed by atoms with van der Waals surface area (Å²) in [6.07, 6.45) is 2.74. The minimum atomic E-state index is -3.76. The maximum Gasteiger partial charge on any atom is 0.240 e. The van der Waals surface area contributed by atoms with Gasteiger partial charge in [0.2, 0.25) is 15.9 Å². The number of likely N-dealkylation sites (tertiary alicyclic amines) is 1. The SMILES string of the molecule is Cc1ccc(C2CCCN2C(=O)CCNS(=O)(=O)c2ccc3c(c2)OCCCO3)cc1C. The maximum atomic E-state index is 12.9. The van der Waals surface area contributed by atoms with E-state index in [9.17, 15) is 13.2 Å². The first-order chi connectivity index (χ1) is 15.3. The van der Waals surface area contributed by atoms with Gasteiger partial charge in [0, 0.05) is 32.0 Å². The molecule has 0 radical (unpaired) electrons. The molecule has 0 aliphatic carbocycles. The van der Waals surface area contributed by atoms with Gasteiger partial charge in [-0.1, -0.05) is 18.2 Å². The summed E-state index contributed by atoms with van der Waals surface area (Å²) in [5, 5.41) is 0. The molecule has 2 aliphatic heterocycles. The van der Waals surface area contributed by atoms with Crippen molar-refractivity contribution >= 4 is 15.9 Å². The highest BCUT2D eigenvalue weighted by Gasteiger charge is 2.30. The number of ether oxygens (including phenoxy) is 2. The van der Waals surface area contributed by atoms with Gasteiger partial charge >= 0.3 is 0 Å². The number of carbonyl (C=O) groups is 1. The van der Waals surface area contributed by atoms with Gasteiger partial charge in [0.1, 0.15) is 0 Å². The van der Waals surface area contributed by atoms with E-state index in [2.05, 4.69) is 36.8 Å². The third kappa shape index (κ3) is 4.91. The minimum absolute atomic E-state index is 0.0351. The quantitative estimate of drug-likeness (QED) is 0.716. The van der Waals surface area contributed by atoms with Gasteiger partial charge in [-0.05, 0) is 55.5 Å². The average Bonchev–Trinajstić information content (AvgIpc) is 3.14. The van der Waals surface area contributed by atoms with Gasteiger partial charge in [-0.3, -0.25) is 4.79 Å². The Kier molecular flexibility index (Phi) is 6.71. The summed E-state index contributed by atoms with van der Waals surface area (Å²) in [7, 11) is -3.76. The van der Waals surface area contributed by atoms with Crippen LogP contribution in [0.3, 0.4) is 0 Å². The van der Waals surface area contributed by atoms with Gasteiger partial charge in [-0.2, -0.15) is 0 Å². The van der Waals surface area contributed by atoms with E-state index in [0.29, 0.717) is 31.3 Å². The molecule has 8 heteroatoms. The van der Waals surface area contributed by atoms with E-state index < -0.39 is 10.0 Å². The van der Waals surface area contributed by atoms with Crippen molar-refractivity contribution in [2.45, 2.75) is 50.5 Å². The first kappa shape index (κ1) is 22.6. The smallest absolute Gasteiger partial charge is 0.240 e. The second kappa shape index (κ2) is 9.50. The van der Waals surface area contributed by atoms with Crippen LogP contribution in [0, 0.1) is 13.8 Å². The normalized spacial score (nSPS) is 18.4. The zero-order valence-electron chi connectivity index (χ0n) is 18.6. The first-order valence-corrected chi connectivity index (χ1v) is 12.6. The van der Waals surface area contributed by atoms with Gasteiger partial charge in [0.25, 0.3) is 0 Å². The number of hydrogen-bond acceptors (Lipinski definition) is 5. The minimum Gasteiger partial charge on any atom is -0.490 e. The van der Waals surface area contributed by atoms with E-state index in [1.807, 2.05) is 4.90 Å². The second-order valence-electron chi connectivity index (χ2n) is 8.40. The van der Waals surface area contributed by atoms with E-state index in [4.69, 9.17) is 9.47 Å². The molecule has 2 aromatic carbocycles. The third-order valence-electron chi connectivity index (χ3n) is 6.15. The van der Waals surface area contributed by atoms with Crippen molar-refractivity contribution < 1.29 is 22.7 Å². The number of nitrogens with one attached hydrogen (secondary N) is 1. The standard InChI is InChI=1S/C24H30N2O5S/c1-17-6-7-19(15-18(17)2)21-5-3-12-26(21)24(27)10-11-25-32(28,29)20-8-9-22-23(16-20)31-14-4-13-30-22/h6-9,15-16,21,25H,3-5,10-14H2,1-2H3. The molecule has 0 saturated carbocycles. The van der Waals surface area contributed by atoms with Crippen LogP contribution in [0.1, 0.15) is 48.4 Å². The van der Waals surface area contributed by atoms with Crippen LogP contribution in [0.15, 0.2) is 41.3 Å². The summed E-state index contributed by atoms with van der Waals surface area (Å²) in [5.74, 6) is 0.935. The number of rotatable bonds is 6. The lowest BCUT2D eigenvalue weighted by Crippen LogP contribution is -2.34. The molecule has 0 aromatic heterocycles. The van der Waals surface area contributed by atoms with Crippen molar-refractivity contribution in [3.63, 3.8) is 0 Å². The van der Waals surface area contributed by atoms with Crippen LogP contribution in [0.4, 0.5) is 0 Å². The second-order valence-corrected chi connectivity index (χ2v) is 10.2. The number of nitrogens with zero attached hydrogens (tertiary/aromatic N) is 1. The molecule has 1 saturated heterocycles. The van der Waals surface area contributed by atoms with Crippen molar-refractivity contribution in [1.82, 2.24) is 9.62 Å². The van der Waals surface area contributed by atoms with Gasteiger partial charge < -0.3 is 14.4 Å². The Morgan fingerprint density at radius 3 is 2.59 bits per heavy atom. The molecule has 0 bridgehead atoms. The number of aryl methyl sites for hydroxylation is 2. The molecule has 1 N–H and O–H groups in total. The predicted molar refractivity (Wildman–Crippen MR) is 121 cm³/mol. The molecule has 1 atom stereocenters. The Morgan fingerprint density at radius 2 is 1.81 bits per heavy atom. The Morgan fingerprint density at radius 1 is 1.03 bits per heavy atom. The zero-order chi connectivity index (χ0) is 22.7. The third-order valence-corrected chi connectivity index (χ3v) is 7.61. The molecule has 1 unspecified atom stereocenters. The Bertz CT molecular complexity index is 1100. The lowest BCUT2D eigenvalue weighted by atomic mass is 9.99. The van der Waals surface area contributed by atoms with Crippen LogP contribution in [-0.2, 0) is 14.8 Å². The number of amides is 1. The van der Waals surface area contributed by atoms with Crippen molar-refractivity contribution in [2.75, 3.05) is 26.3 Å². The number of fused-ring (bicyclic) bond motifs is 1. The topological polar surface area (TPSA) is 84.9 Å². The monoisotopic (exact) mass is 458 g/mol. The fraction of sp³-hybridized carbons (Fsp3) is 0.458. The lowest BCUT2D eigenvalue weighted by molar-refractivity contribution is -0.131. The number of carbonyl (C=O) groups excluding carboxylic acids is 1. The molecular formula is C24H30N2O5S. The summed E-state index contributed by atoms with van der Waals surface area (Å²) in [6, 6.07) is 11.0. The van der Waals surface area contributed by atoms with Crippen molar-refractivity contribution in [2.24, 2.45) is 0 Å². The summed E-state index contributed by atoms with van der Waals surface area (Å²) >= 11 is 0. The molecule has 32 heavy (non-hydrogen) atoms. The van der Waals surface area contributed by atoms with Gasteiger partial charge in [-0.25, -0.2) is 13.1 Å². The van der Waals surface area contributed by atoms with Crippen LogP contribution in [0.5, 0.6) is 11.5 Å². The summed E-state index contributed by atoms with van der Waals surface area (Å²) in [6.45, 7) is 5.92. The molecule has 1 fully saturated rings. The van der Waals surface area contributed by atoms with Gasteiger partial charge in [-0.15, -0.1) is 0 Å². The Balaban J connectivity index is 1.37. The van der Waals surface area contributed by atoms with Crippen LogP contribution in [-0.4, -0.2) is 45.5 Å². The molecule has 0 spiro atoms. The van der Waals surface area contributed by atoms with Crippen LogP contribution < -0.4 is 14.2 Å². The van der Waals surface area contributed by atoms with Crippen molar-refractivity contribution in [1.29, 1.82) is 0 Å². The zero-order valence-corrected chi connectivity index (χ0v) is 19.4. The van der Waals surface area contributed by atoms with Crippen molar-refractivity contribution in [3.05, 3.63) is 53.1 Å². The Hall–Kier alpha value is -2.58. The van der Waals surface area contributed by atoms with E-state index >= 15 is 0 Å². The van der Waals surface area contributed by atoms with E-state index in [1.54, 1.807) is 6.07 Å². The van der Waals surface area contributed by atoms with E-state index in [-0.39, 0.29) is 29.8 Å². The highest BCUT2D eigenvalue weighted by molar-refractivity contribution is 7.89. The van der Waals surface area contributed by atoms with E-state index in [0.717, 1.165) is 24.8 Å². The number of benzene rings is 2. The van der Waals surface area contributed by atoms with Crippen LogP contribution >= 0.6 is 0 Å². The molecule has 172 valence electrons. The van der Waals surface area contributed by atoms with Gasteiger partial charge in [0.05, 0.1) is 24.2 Å². The molecular weight excluding hydrogens is 428 g/mol. The molecule has 2 aliphatic rings. The molecule has 2 heterocycles. The summed E-state index contributed by atoms with van der Waals surface area (Å²) in [4.78, 5) is 14.9. The first-order valence-electron chi connectivity index (χ1n) is 11.1. The average molecular weight is 459 g/mol. The fourth-order valence-corrected chi connectivity index (χ4v) is 5.26. The van der Waals surface area contributed by atoms with Crippen molar-refractivity contribution in [3.8, 4) is 11.5 Å². The number of hydrogen-bond donors (Lipinski definition) is 1. The van der Waals surface area contributed by atoms with Crippen LogP contribution in [0.25, 0.3) is 0 Å². The van der Waals surface area contributed by atoms with Crippen LogP contribution in [0.2, 0.25) is 0 Å². The predicted octanol–water partition coefficient (Wildman–Crippen LogP) is 3.50. The highest BCUT2D eigenvalue weighted by atomic mass is 32.2. The fourth-order valence-electron chi connectivity index (χ4n) is 4.21. The molecule has 4 rings (SSSR count). The summed E-state index contributed by atoms with van der Waals surface area (Å²) in [5.41, 5.74) is 3.59. The highest BCUT2D eigenvalue weighted by Crippen LogP contribution is 2.34. The maximum absolute atomic E-state index is 12.9. The molecule has 1 amide bonds. The Labute approximate surface area is 189 Å². The lowest BCUT2D eigenvalue weighted by Gasteiger charge is -2.26. The number of sulfonamides is 1. The summed E-state index contributed by atoms with van der Waals surface area (Å²) < 4.78 is 39.2.